The minimum absolute atomic E-state index is 0.521. The van der Waals surface area contributed by atoms with Crippen molar-refractivity contribution in [3.63, 3.8) is 0 Å². The van der Waals surface area contributed by atoms with Crippen molar-refractivity contribution in [3.8, 4) is 0 Å². The molecule has 5 heteroatoms. The number of benzene rings is 2. The molecule has 0 saturated heterocycles. The van der Waals surface area contributed by atoms with Crippen LogP contribution in [-0.2, 0) is 6.54 Å². The Labute approximate surface area is 159 Å². The lowest BCUT2D eigenvalue weighted by molar-refractivity contribution is 0.750. The van der Waals surface area contributed by atoms with Crippen molar-refractivity contribution in [2.75, 3.05) is 10.3 Å². The van der Waals surface area contributed by atoms with Crippen molar-refractivity contribution in [2.24, 2.45) is 0 Å². The molecule has 0 bridgehead atoms. The van der Waals surface area contributed by atoms with Crippen LogP contribution in [0.25, 0.3) is 0 Å². The molecule has 0 aliphatic carbocycles. The Kier molecular flexibility index (Phi) is 5.81. The number of aryl methyl sites for hydroxylation is 2. The van der Waals surface area contributed by atoms with Crippen LogP contribution >= 0.6 is 12.2 Å². The number of nitrogens with one attached hydrogen (secondary N) is 2. The van der Waals surface area contributed by atoms with Gasteiger partial charge in [-0.25, -0.2) is 4.98 Å². The number of pyridine rings is 1. The van der Waals surface area contributed by atoms with Crippen LogP contribution in [0, 0.1) is 13.8 Å². The second kappa shape index (κ2) is 8.45. The van der Waals surface area contributed by atoms with E-state index in [4.69, 9.17) is 12.2 Å². The first-order valence-corrected chi connectivity index (χ1v) is 8.90. The summed E-state index contributed by atoms with van der Waals surface area (Å²) in [7, 11) is 0. The van der Waals surface area contributed by atoms with Gasteiger partial charge in [0, 0.05) is 11.4 Å². The first-order chi connectivity index (χ1) is 12.6. The van der Waals surface area contributed by atoms with Gasteiger partial charge in [0.1, 0.15) is 5.82 Å². The van der Waals surface area contributed by atoms with Gasteiger partial charge in [0.2, 0.25) is 0 Å². The molecule has 26 heavy (non-hydrogen) atoms. The Balaban J connectivity index is 1.81. The zero-order chi connectivity index (χ0) is 18.4. The van der Waals surface area contributed by atoms with Crippen molar-refractivity contribution < 1.29 is 0 Å². The molecule has 132 valence electrons. The summed E-state index contributed by atoms with van der Waals surface area (Å²) in [5, 5.41) is 5.70. The minimum atomic E-state index is 0.521. The highest BCUT2D eigenvalue weighted by atomic mass is 32.1. The number of hydrogen-bond donors (Lipinski definition) is 2. The van der Waals surface area contributed by atoms with Gasteiger partial charge in [-0.05, 0) is 61.5 Å². The molecule has 0 aliphatic rings. The van der Waals surface area contributed by atoms with Gasteiger partial charge in [0.05, 0.1) is 6.54 Å². The lowest BCUT2D eigenvalue weighted by Gasteiger charge is -2.26. The number of para-hydroxylation sites is 1. The van der Waals surface area contributed by atoms with Crippen LogP contribution in [0.5, 0.6) is 0 Å². The maximum Gasteiger partial charge on any atom is 0.189 e. The standard InChI is InChI=1S/C21H22N4S/c1-16-13-17(2)22-20(14-16)25(15-18-9-5-3-6-10-18)24-21(26)23-19-11-7-4-8-12-19/h3-14H,15H2,1-2H3,(H2,23,24,26). The van der Waals surface area contributed by atoms with Gasteiger partial charge in [-0.1, -0.05) is 48.5 Å². The van der Waals surface area contributed by atoms with E-state index in [0.717, 1.165) is 22.8 Å². The molecule has 0 amide bonds. The fraction of sp³-hybridized carbons (Fsp3) is 0.143. The van der Waals surface area contributed by atoms with E-state index in [9.17, 15) is 0 Å². The zero-order valence-corrected chi connectivity index (χ0v) is 15.8. The Morgan fingerprint density at radius 2 is 1.62 bits per heavy atom. The third kappa shape index (κ3) is 5.04. The number of aromatic nitrogens is 1. The number of hydrazine groups is 1. The monoisotopic (exact) mass is 362 g/mol. The van der Waals surface area contributed by atoms with E-state index in [0.29, 0.717) is 11.7 Å². The van der Waals surface area contributed by atoms with Crippen LogP contribution in [0.2, 0.25) is 0 Å². The molecular formula is C21H22N4S. The molecule has 2 N–H and O–H groups in total. The third-order valence-corrected chi connectivity index (χ3v) is 4.01. The molecule has 1 heterocycles. The van der Waals surface area contributed by atoms with E-state index in [-0.39, 0.29) is 0 Å². The molecule has 3 aromatic rings. The Hall–Kier alpha value is -2.92. The molecule has 0 saturated carbocycles. The van der Waals surface area contributed by atoms with E-state index < -0.39 is 0 Å². The molecule has 0 atom stereocenters. The molecule has 4 nitrogen and oxygen atoms in total. The van der Waals surface area contributed by atoms with Gasteiger partial charge in [0.15, 0.2) is 5.11 Å². The summed E-state index contributed by atoms with van der Waals surface area (Å²) >= 11 is 5.50. The molecule has 0 unspecified atom stereocenters. The molecule has 0 fully saturated rings. The van der Waals surface area contributed by atoms with Crippen LogP contribution in [0.3, 0.4) is 0 Å². The second-order valence-corrected chi connectivity index (χ2v) is 6.56. The minimum Gasteiger partial charge on any atom is -0.331 e. The van der Waals surface area contributed by atoms with Gasteiger partial charge in [-0.2, -0.15) is 0 Å². The second-order valence-electron chi connectivity index (χ2n) is 6.15. The molecule has 2 aromatic carbocycles. The summed E-state index contributed by atoms with van der Waals surface area (Å²) in [4.78, 5) is 4.67. The average molecular weight is 363 g/mol. The van der Waals surface area contributed by atoms with Crippen molar-refractivity contribution in [2.45, 2.75) is 20.4 Å². The SMILES string of the molecule is Cc1cc(C)nc(N(Cc2ccccc2)NC(=S)Nc2ccccc2)c1. The van der Waals surface area contributed by atoms with Gasteiger partial charge in [0.25, 0.3) is 0 Å². The fourth-order valence-corrected chi connectivity index (χ4v) is 2.93. The number of nitrogens with zero attached hydrogens (tertiary/aromatic N) is 2. The van der Waals surface area contributed by atoms with E-state index in [1.807, 2.05) is 66.5 Å². The van der Waals surface area contributed by atoms with E-state index in [1.54, 1.807) is 0 Å². The Morgan fingerprint density at radius 1 is 0.962 bits per heavy atom. The average Bonchev–Trinajstić information content (AvgIpc) is 2.62. The summed E-state index contributed by atoms with van der Waals surface area (Å²) in [6.07, 6.45) is 0. The molecule has 3 rings (SSSR count). The van der Waals surface area contributed by atoms with Crippen LogP contribution < -0.4 is 15.8 Å². The van der Waals surface area contributed by atoms with Crippen LogP contribution in [0.15, 0.2) is 72.8 Å². The van der Waals surface area contributed by atoms with Crippen LogP contribution in [0.4, 0.5) is 11.5 Å². The third-order valence-electron chi connectivity index (χ3n) is 3.81. The van der Waals surface area contributed by atoms with E-state index in [1.165, 1.54) is 5.56 Å². The number of anilines is 2. The highest BCUT2D eigenvalue weighted by molar-refractivity contribution is 7.80. The van der Waals surface area contributed by atoms with Gasteiger partial charge >= 0.3 is 0 Å². The lowest BCUT2D eigenvalue weighted by atomic mass is 10.2. The Morgan fingerprint density at radius 3 is 2.27 bits per heavy atom. The maximum atomic E-state index is 5.50. The van der Waals surface area contributed by atoms with Gasteiger partial charge in [-0.3, -0.25) is 10.4 Å². The van der Waals surface area contributed by atoms with Gasteiger partial charge in [-0.15, -0.1) is 0 Å². The first kappa shape index (κ1) is 17.9. The van der Waals surface area contributed by atoms with Crippen molar-refractivity contribution >= 4 is 28.8 Å². The van der Waals surface area contributed by atoms with Crippen molar-refractivity contribution in [1.29, 1.82) is 0 Å². The summed E-state index contributed by atoms with van der Waals surface area (Å²) in [6.45, 7) is 4.71. The molecule has 0 spiro atoms. The maximum absolute atomic E-state index is 5.50. The highest BCUT2D eigenvalue weighted by Gasteiger charge is 2.12. The fourth-order valence-electron chi connectivity index (χ4n) is 2.71. The number of hydrogen-bond acceptors (Lipinski definition) is 3. The topological polar surface area (TPSA) is 40.2 Å². The van der Waals surface area contributed by atoms with E-state index in [2.05, 4.69) is 40.8 Å². The van der Waals surface area contributed by atoms with Crippen molar-refractivity contribution in [1.82, 2.24) is 10.4 Å². The van der Waals surface area contributed by atoms with Crippen molar-refractivity contribution in [3.05, 3.63) is 89.6 Å². The molecule has 0 aliphatic heterocycles. The van der Waals surface area contributed by atoms with E-state index >= 15 is 0 Å². The lowest BCUT2D eigenvalue weighted by Crippen LogP contribution is -2.44. The smallest absolute Gasteiger partial charge is 0.189 e. The largest absolute Gasteiger partial charge is 0.331 e. The Bertz CT molecular complexity index is 845. The highest BCUT2D eigenvalue weighted by Crippen LogP contribution is 2.16. The van der Waals surface area contributed by atoms with Gasteiger partial charge < -0.3 is 5.32 Å². The zero-order valence-electron chi connectivity index (χ0n) is 14.9. The normalized spacial score (nSPS) is 10.2. The summed E-state index contributed by atoms with van der Waals surface area (Å²) < 4.78 is 0. The summed E-state index contributed by atoms with van der Waals surface area (Å²) in [6, 6.07) is 24.2. The summed E-state index contributed by atoms with van der Waals surface area (Å²) in [5.41, 5.74) is 7.52. The van der Waals surface area contributed by atoms with Crippen LogP contribution in [0.1, 0.15) is 16.8 Å². The first-order valence-electron chi connectivity index (χ1n) is 8.49. The number of thiocarbonyl (C=S) groups is 1. The predicted molar refractivity (Wildman–Crippen MR) is 112 cm³/mol. The van der Waals surface area contributed by atoms with Crippen LogP contribution in [-0.4, -0.2) is 10.1 Å². The molecule has 0 radical (unpaired) electrons. The molecule has 1 aromatic heterocycles. The summed E-state index contributed by atoms with van der Waals surface area (Å²) in [5.74, 6) is 0.837. The number of rotatable bonds is 5. The quantitative estimate of drug-likeness (QED) is 0.512. The predicted octanol–water partition coefficient (Wildman–Crippen LogP) is 4.61. The molecular weight excluding hydrogens is 340 g/mol.